The van der Waals surface area contributed by atoms with Gasteiger partial charge in [0.1, 0.15) is 23.3 Å². The van der Waals surface area contributed by atoms with E-state index in [-0.39, 0.29) is 31.2 Å². The molecule has 1 aliphatic rings. The van der Waals surface area contributed by atoms with Crippen LogP contribution in [0.25, 0.3) is 0 Å². The second-order valence-corrected chi connectivity index (χ2v) is 8.72. The van der Waals surface area contributed by atoms with Gasteiger partial charge in [0.05, 0.1) is 16.5 Å². The van der Waals surface area contributed by atoms with Crippen molar-refractivity contribution in [1.29, 1.82) is 0 Å². The minimum Gasteiger partial charge on any atom is -0.444 e. The van der Waals surface area contributed by atoms with Crippen LogP contribution in [-0.2, 0) is 4.74 Å². The molecule has 0 radical (unpaired) electrons. The predicted molar refractivity (Wildman–Crippen MR) is 110 cm³/mol. The van der Waals surface area contributed by atoms with E-state index in [1.807, 2.05) is 0 Å². The summed E-state index contributed by atoms with van der Waals surface area (Å²) in [5, 5.41) is 16.5. The number of amides is 2. The summed E-state index contributed by atoms with van der Waals surface area (Å²) in [6.07, 6.45) is -2.16. The molecule has 2 N–H and O–H groups in total. The molecule has 1 fully saturated rings. The highest BCUT2D eigenvalue weighted by Gasteiger charge is 2.35. The van der Waals surface area contributed by atoms with Crippen LogP contribution >= 0.6 is 0 Å². The first kappa shape index (κ1) is 24.3. The third-order valence-corrected chi connectivity index (χ3v) is 4.47. The second kappa shape index (κ2) is 9.44. The number of anilines is 1. The molecule has 1 aromatic rings. The quantitative estimate of drug-likeness (QED) is 0.532. The maximum atomic E-state index is 14.5. The number of nitro groups is 1. The molecule has 2 rings (SSSR count). The summed E-state index contributed by atoms with van der Waals surface area (Å²) in [4.78, 5) is 36.7. The van der Waals surface area contributed by atoms with Crippen LogP contribution < -0.4 is 10.6 Å². The molecule has 31 heavy (non-hydrogen) atoms. The molecule has 0 saturated carbocycles. The number of alkyl halides is 1. The fourth-order valence-corrected chi connectivity index (χ4v) is 3.11. The minimum atomic E-state index is -1.47. The lowest BCUT2D eigenvalue weighted by atomic mass is 10.0. The summed E-state index contributed by atoms with van der Waals surface area (Å²) in [6.45, 7) is 8.47. The summed E-state index contributed by atoms with van der Waals surface area (Å²) >= 11 is 0. The number of likely N-dealkylation sites (tertiary alicyclic amines) is 1. The summed E-state index contributed by atoms with van der Waals surface area (Å²) in [6, 6.07) is 0.372. The van der Waals surface area contributed by atoms with Crippen molar-refractivity contribution >= 4 is 23.4 Å². The first-order valence-corrected chi connectivity index (χ1v) is 9.96. The van der Waals surface area contributed by atoms with Crippen molar-refractivity contribution in [2.45, 2.75) is 64.9 Å². The third-order valence-electron chi connectivity index (χ3n) is 4.47. The largest absolute Gasteiger partial charge is 0.444 e. The first-order chi connectivity index (χ1) is 14.3. The molecule has 0 aliphatic carbocycles. The lowest BCUT2D eigenvalue weighted by Crippen LogP contribution is -2.55. The molecule has 172 valence electrons. The van der Waals surface area contributed by atoms with Gasteiger partial charge in [0.25, 0.3) is 11.6 Å². The number of rotatable bonds is 5. The maximum absolute atomic E-state index is 14.5. The molecule has 2 amide bonds. The number of benzene rings is 1. The van der Waals surface area contributed by atoms with Gasteiger partial charge in [0.15, 0.2) is 0 Å². The summed E-state index contributed by atoms with van der Waals surface area (Å²) in [5.41, 5.74) is -1.86. The molecule has 11 heteroatoms. The van der Waals surface area contributed by atoms with Gasteiger partial charge in [0, 0.05) is 31.3 Å². The number of carbonyl (C=O) groups excluding carboxylic acids is 2. The Hall–Kier alpha value is -2.98. The Morgan fingerprint density at radius 1 is 1.32 bits per heavy atom. The second-order valence-electron chi connectivity index (χ2n) is 8.72. The van der Waals surface area contributed by atoms with Crippen molar-refractivity contribution in [2.24, 2.45) is 0 Å². The Kier molecular flexibility index (Phi) is 7.40. The summed E-state index contributed by atoms with van der Waals surface area (Å²) in [5.74, 6) is -1.99. The van der Waals surface area contributed by atoms with Gasteiger partial charge < -0.3 is 20.3 Å². The van der Waals surface area contributed by atoms with Crippen LogP contribution in [0.15, 0.2) is 12.1 Å². The fourth-order valence-electron chi connectivity index (χ4n) is 3.11. The van der Waals surface area contributed by atoms with E-state index >= 15 is 0 Å². The number of hydrogen-bond donors (Lipinski definition) is 2. The lowest BCUT2D eigenvalue weighted by molar-refractivity contribution is -0.384. The molecule has 2 atom stereocenters. The van der Waals surface area contributed by atoms with Crippen LogP contribution in [0.1, 0.15) is 51.4 Å². The highest BCUT2D eigenvalue weighted by atomic mass is 19.1. The van der Waals surface area contributed by atoms with Gasteiger partial charge >= 0.3 is 6.09 Å². The average molecular weight is 442 g/mol. The van der Waals surface area contributed by atoms with E-state index in [1.54, 1.807) is 34.6 Å². The lowest BCUT2D eigenvalue weighted by Gasteiger charge is -2.36. The Balaban J connectivity index is 2.20. The fraction of sp³-hybridized carbons (Fsp3) is 0.600. The van der Waals surface area contributed by atoms with Crippen LogP contribution in [0.3, 0.4) is 0 Å². The monoisotopic (exact) mass is 442 g/mol. The van der Waals surface area contributed by atoms with E-state index in [1.165, 1.54) is 4.90 Å². The number of nitro benzene ring substituents is 1. The zero-order valence-electron chi connectivity index (χ0n) is 18.2. The number of ether oxygens (including phenoxy) is 1. The van der Waals surface area contributed by atoms with Crippen LogP contribution in [0.5, 0.6) is 0 Å². The molecular weight excluding hydrogens is 414 g/mol. The summed E-state index contributed by atoms with van der Waals surface area (Å²) < 4.78 is 34.2. The van der Waals surface area contributed by atoms with E-state index in [2.05, 4.69) is 10.6 Å². The third kappa shape index (κ3) is 6.50. The van der Waals surface area contributed by atoms with Crippen molar-refractivity contribution in [3.63, 3.8) is 0 Å². The highest BCUT2D eigenvalue weighted by molar-refractivity contribution is 5.96. The molecule has 1 saturated heterocycles. The van der Waals surface area contributed by atoms with Crippen LogP contribution in [0, 0.1) is 15.9 Å². The smallest absolute Gasteiger partial charge is 0.410 e. The Morgan fingerprint density at radius 2 is 1.97 bits per heavy atom. The summed E-state index contributed by atoms with van der Waals surface area (Å²) in [7, 11) is 0. The number of nitrogens with zero attached hydrogens (tertiary/aromatic N) is 2. The SMILES string of the molecule is CC(C)Nc1cc(F)c(C(=O)N[C@H]2CN(C(=O)OC(C)(C)C)CC[C@@H]2F)cc1[N+](=O)[O-]. The number of nitrogens with one attached hydrogen (secondary N) is 2. The van der Waals surface area contributed by atoms with Gasteiger partial charge in [0.2, 0.25) is 0 Å². The van der Waals surface area contributed by atoms with Gasteiger partial charge in [-0.05, 0) is 41.0 Å². The van der Waals surface area contributed by atoms with Crippen molar-refractivity contribution in [1.82, 2.24) is 10.2 Å². The average Bonchev–Trinajstić information content (AvgIpc) is 2.61. The Bertz CT molecular complexity index is 857. The van der Waals surface area contributed by atoms with E-state index in [9.17, 15) is 28.5 Å². The zero-order valence-corrected chi connectivity index (χ0v) is 18.2. The van der Waals surface area contributed by atoms with E-state index < -0.39 is 51.8 Å². The minimum absolute atomic E-state index is 0.0376. The van der Waals surface area contributed by atoms with Crippen LogP contribution in [-0.4, -0.2) is 58.8 Å². The molecule has 9 nitrogen and oxygen atoms in total. The van der Waals surface area contributed by atoms with Gasteiger partial charge in [-0.2, -0.15) is 0 Å². The molecule has 0 bridgehead atoms. The number of hydrogen-bond acceptors (Lipinski definition) is 6. The van der Waals surface area contributed by atoms with Gasteiger partial charge in [-0.25, -0.2) is 13.6 Å². The number of piperidine rings is 1. The topological polar surface area (TPSA) is 114 Å². The van der Waals surface area contributed by atoms with Gasteiger partial charge in [-0.3, -0.25) is 14.9 Å². The van der Waals surface area contributed by atoms with E-state index in [0.29, 0.717) is 0 Å². The number of halogens is 2. The predicted octanol–water partition coefficient (Wildman–Crippen LogP) is 3.63. The highest BCUT2D eigenvalue weighted by Crippen LogP contribution is 2.29. The molecule has 1 heterocycles. The van der Waals surface area contributed by atoms with Gasteiger partial charge in [-0.15, -0.1) is 0 Å². The van der Waals surface area contributed by atoms with Crippen molar-refractivity contribution < 1.29 is 28.0 Å². The maximum Gasteiger partial charge on any atom is 0.410 e. The molecule has 1 aliphatic heterocycles. The Morgan fingerprint density at radius 3 is 2.52 bits per heavy atom. The first-order valence-electron chi connectivity index (χ1n) is 9.96. The van der Waals surface area contributed by atoms with E-state index in [0.717, 1.165) is 12.1 Å². The zero-order chi connectivity index (χ0) is 23.5. The van der Waals surface area contributed by atoms with Crippen molar-refractivity contribution in [3.8, 4) is 0 Å². The molecule has 0 aromatic heterocycles. The Labute approximate surface area is 179 Å². The standard InChI is InChI=1S/C20H28F2N4O5/c1-11(2)23-15-9-14(22)12(8-17(15)26(29)30)18(27)24-16-10-25(7-6-13(16)21)19(28)31-20(3,4)5/h8-9,11,13,16,23H,6-7,10H2,1-5H3,(H,24,27)/t13-,16-/m0/s1. The van der Waals surface area contributed by atoms with Gasteiger partial charge in [-0.1, -0.05) is 0 Å². The van der Waals surface area contributed by atoms with E-state index in [4.69, 9.17) is 4.74 Å². The molecule has 0 unspecified atom stereocenters. The molecule has 0 spiro atoms. The van der Waals surface area contributed by atoms with Crippen molar-refractivity contribution in [2.75, 3.05) is 18.4 Å². The van der Waals surface area contributed by atoms with Crippen molar-refractivity contribution in [3.05, 3.63) is 33.6 Å². The number of carbonyl (C=O) groups is 2. The van der Waals surface area contributed by atoms with Crippen LogP contribution in [0.2, 0.25) is 0 Å². The molecule has 1 aromatic carbocycles. The van der Waals surface area contributed by atoms with Crippen LogP contribution in [0.4, 0.5) is 25.0 Å². The molecular formula is C20H28F2N4O5. The normalized spacial score (nSPS) is 19.2.